The van der Waals surface area contributed by atoms with Crippen LogP contribution in [0.1, 0.15) is 24.1 Å². The average molecular weight is 388 g/mol. The van der Waals surface area contributed by atoms with Crippen molar-refractivity contribution in [2.45, 2.75) is 19.9 Å². The van der Waals surface area contributed by atoms with E-state index in [4.69, 9.17) is 16.7 Å². The molecule has 3 rings (SSSR count). The van der Waals surface area contributed by atoms with E-state index < -0.39 is 12.1 Å². The van der Waals surface area contributed by atoms with Gasteiger partial charge in [-0.3, -0.25) is 4.68 Å². The topological polar surface area (TPSA) is 118 Å². The highest BCUT2D eigenvalue weighted by molar-refractivity contribution is 6.32. The molecule has 140 valence electrons. The summed E-state index contributed by atoms with van der Waals surface area (Å²) >= 11 is 6.47. The van der Waals surface area contributed by atoms with E-state index in [-0.39, 0.29) is 0 Å². The van der Waals surface area contributed by atoms with Gasteiger partial charge in [0.05, 0.1) is 17.9 Å². The highest BCUT2D eigenvalue weighted by atomic mass is 35.5. The van der Waals surface area contributed by atoms with Gasteiger partial charge in [0.2, 0.25) is 5.95 Å². The summed E-state index contributed by atoms with van der Waals surface area (Å²) in [7, 11) is 1.82. The van der Waals surface area contributed by atoms with Gasteiger partial charge < -0.3 is 15.7 Å². The largest absolute Gasteiger partial charge is 0.465 e. The maximum absolute atomic E-state index is 10.9. The molecule has 10 heteroatoms. The number of nitrogens with one attached hydrogen (secondary N) is 2. The molecule has 0 bridgehead atoms. The molecule has 3 N–H and O–H groups in total. The van der Waals surface area contributed by atoms with Gasteiger partial charge in [0, 0.05) is 23.8 Å². The maximum atomic E-state index is 10.9. The van der Waals surface area contributed by atoms with Crippen LogP contribution in [-0.2, 0) is 7.05 Å². The van der Waals surface area contributed by atoms with E-state index in [9.17, 15) is 4.79 Å². The van der Waals surface area contributed by atoms with Crippen LogP contribution in [0.4, 0.5) is 16.4 Å². The fourth-order valence-electron chi connectivity index (χ4n) is 2.65. The molecule has 1 amide bonds. The van der Waals surface area contributed by atoms with Crippen LogP contribution in [0.25, 0.3) is 11.4 Å². The second kappa shape index (κ2) is 7.58. The molecule has 0 aliphatic rings. The van der Waals surface area contributed by atoms with Crippen LogP contribution in [0.2, 0.25) is 5.02 Å². The van der Waals surface area contributed by atoms with Gasteiger partial charge in [0.1, 0.15) is 6.33 Å². The number of benzene rings is 1. The zero-order valence-corrected chi connectivity index (χ0v) is 15.7. The van der Waals surface area contributed by atoms with Crippen LogP contribution >= 0.6 is 11.6 Å². The summed E-state index contributed by atoms with van der Waals surface area (Å²) in [6.07, 6.45) is 3.77. The molecule has 1 atom stereocenters. The van der Waals surface area contributed by atoms with Gasteiger partial charge >= 0.3 is 6.09 Å². The standard InChI is InChI=1S/C17H18ClN7O2/c1-9-12(4-5-13(14(9)18)10(2)22-17(26)27)15-19-8-20-16(24-15)23-11-6-21-25(3)7-11/h4-8,10,22H,1-3H3,(H,26,27)(H,19,20,23,24). The Bertz CT molecular complexity index is 989. The average Bonchev–Trinajstić information content (AvgIpc) is 3.01. The van der Waals surface area contributed by atoms with Crippen molar-refractivity contribution in [3.63, 3.8) is 0 Å². The second-order valence-electron chi connectivity index (χ2n) is 5.97. The number of nitrogens with zero attached hydrogens (tertiary/aromatic N) is 5. The van der Waals surface area contributed by atoms with Crippen molar-refractivity contribution in [3.05, 3.63) is 47.0 Å². The number of carboxylic acid groups (broad SMARTS) is 1. The molecule has 2 heterocycles. The molecule has 0 fully saturated rings. The van der Waals surface area contributed by atoms with Gasteiger partial charge in [0.25, 0.3) is 0 Å². The Morgan fingerprint density at radius 1 is 1.33 bits per heavy atom. The number of aromatic nitrogens is 5. The molecule has 27 heavy (non-hydrogen) atoms. The van der Waals surface area contributed by atoms with Gasteiger partial charge in [-0.2, -0.15) is 10.1 Å². The van der Waals surface area contributed by atoms with Crippen molar-refractivity contribution in [1.82, 2.24) is 30.0 Å². The lowest BCUT2D eigenvalue weighted by molar-refractivity contribution is 0.191. The van der Waals surface area contributed by atoms with Crippen molar-refractivity contribution < 1.29 is 9.90 Å². The molecule has 0 aliphatic heterocycles. The smallest absolute Gasteiger partial charge is 0.405 e. The third-order valence-electron chi connectivity index (χ3n) is 4.00. The van der Waals surface area contributed by atoms with Crippen molar-refractivity contribution in [1.29, 1.82) is 0 Å². The molecule has 1 unspecified atom stereocenters. The number of carbonyl (C=O) groups is 1. The highest BCUT2D eigenvalue weighted by Crippen LogP contribution is 2.32. The Morgan fingerprint density at radius 2 is 2.11 bits per heavy atom. The first-order chi connectivity index (χ1) is 12.8. The van der Waals surface area contributed by atoms with E-state index in [2.05, 4.69) is 30.7 Å². The van der Waals surface area contributed by atoms with Gasteiger partial charge in [-0.05, 0) is 25.0 Å². The summed E-state index contributed by atoms with van der Waals surface area (Å²) in [5, 5.41) is 18.9. The summed E-state index contributed by atoms with van der Waals surface area (Å²) < 4.78 is 1.67. The van der Waals surface area contributed by atoms with E-state index in [0.717, 1.165) is 16.8 Å². The van der Waals surface area contributed by atoms with E-state index in [1.807, 2.05) is 20.0 Å². The van der Waals surface area contributed by atoms with Crippen LogP contribution in [0.5, 0.6) is 0 Å². The lowest BCUT2D eigenvalue weighted by Gasteiger charge is -2.17. The minimum absolute atomic E-state index is 0.383. The molecular weight excluding hydrogens is 370 g/mol. The fraction of sp³-hybridized carbons (Fsp3) is 0.235. The van der Waals surface area contributed by atoms with Gasteiger partial charge in [-0.15, -0.1) is 0 Å². The molecule has 0 saturated heterocycles. The van der Waals surface area contributed by atoms with Crippen LogP contribution in [0.15, 0.2) is 30.9 Å². The van der Waals surface area contributed by atoms with E-state index in [0.29, 0.717) is 22.4 Å². The minimum atomic E-state index is -1.11. The number of halogens is 1. The van der Waals surface area contributed by atoms with E-state index >= 15 is 0 Å². The third kappa shape index (κ3) is 4.14. The molecule has 9 nitrogen and oxygen atoms in total. The van der Waals surface area contributed by atoms with Crippen LogP contribution in [0, 0.1) is 6.92 Å². The van der Waals surface area contributed by atoms with Crippen LogP contribution < -0.4 is 10.6 Å². The molecule has 3 aromatic rings. The minimum Gasteiger partial charge on any atom is -0.465 e. The quantitative estimate of drug-likeness (QED) is 0.614. The summed E-state index contributed by atoms with van der Waals surface area (Å²) in [5.74, 6) is 0.842. The Morgan fingerprint density at radius 3 is 2.78 bits per heavy atom. The SMILES string of the molecule is Cc1c(-c2ncnc(Nc3cnn(C)c3)n2)ccc(C(C)NC(=O)O)c1Cl. The zero-order chi connectivity index (χ0) is 19.6. The number of hydrogen-bond acceptors (Lipinski definition) is 6. The molecule has 0 radical (unpaired) electrons. The first kappa shape index (κ1) is 18.6. The van der Waals surface area contributed by atoms with Crippen LogP contribution in [-0.4, -0.2) is 35.9 Å². The molecule has 0 aliphatic carbocycles. The second-order valence-corrected chi connectivity index (χ2v) is 6.35. The van der Waals surface area contributed by atoms with E-state index in [1.54, 1.807) is 30.1 Å². The van der Waals surface area contributed by atoms with Crippen LogP contribution in [0.3, 0.4) is 0 Å². The van der Waals surface area contributed by atoms with Gasteiger partial charge in [-0.1, -0.05) is 23.7 Å². The number of anilines is 2. The van der Waals surface area contributed by atoms with Crippen molar-refractivity contribution in [2.24, 2.45) is 7.05 Å². The lowest BCUT2D eigenvalue weighted by Crippen LogP contribution is -2.24. The molecule has 1 aromatic carbocycles. The Hall–Kier alpha value is -3.20. The fourth-order valence-corrected chi connectivity index (χ4v) is 2.98. The van der Waals surface area contributed by atoms with E-state index in [1.165, 1.54) is 6.33 Å². The summed E-state index contributed by atoms with van der Waals surface area (Å²) in [6.45, 7) is 3.57. The van der Waals surface area contributed by atoms with Crippen molar-refractivity contribution in [2.75, 3.05) is 5.32 Å². The highest BCUT2D eigenvalue weighted by Gasteiger charge is 2.17. The monoisotopic (exact) mass is 387 g/mol. The van der Waals surface area contributed by atoms with Crippen molar-refractivity contribution in [3.8, 4) is 11.4 Å². The Kier molecular flexibility index (Phi) is 5.22. The summed E-state index contributed by atoms with van der Waals surface area (Å²) in [4.78, 5) is 23.6. The first-order valence-electron chi connectivity index (χ1n) is 8.08. The number of aryl methyl sites for hydroxylation is 1. The molecule has 0 spiro atoms. The number of rotatable bonds is 5. The summed E-state index contributed by atoms with van der Waals surface area (Å²) in [6, 6.07) is 3.15. The Labute approximate surface area is 160 Å². The van der Waals surface area contributed by atoms with Crippen molar-refractivity contribution >= 4 is 29.3 Å². The first-order valence-corrected chi connectivity index (χ1v) is 8.46. The Balaban J connectivity index is 1.91. The predicted octanol–water partition coefficient (Wildman–Crippen LogP) is 3.31. The number of amides is 1. The third-order valence-corrected chi connectivity index (χ3v) is 4.50. The maximum Gasteiger partial charge on any atom is 0.405 e. The normalized spacial score (nSPS) is 11.9. The zero-order valence-electron chi connectivity index (χ0n) is 14.9. The molecule has 0 saturated carbocycles. The summed E-state index contributed by atoms with van der Waals surface area (Å²) in [5.41, 5.74) is 2.94. The lowest BCUT2D eigenvalue weighted by atomic mass is 10.0. The molecule has 2 aromatic heterocycles. The number of hydrogen-bond donors (Lipinski definition) is 3. The van der Waals surface area contributed by atoms with Gasteiger partial charge in [0.15, 0.2) is 5.82 Å². The molecular formula is C17H18ClN7O2. The predicted molar refractivity (Wildman–Crippen MR) is 101 cm³/mol. The van der Waals surface area contributed by atoms with Gasteiger partial charge in [-0.25, -0.2) is 14.8 Å².